The summed E-state index contributed by atoms with van der Waals surface area (Å²) in [6.07, 6.45) is 0.885. The number of nitrogens with one attached hydrogen (secondary N) is 1. The van der Waals surface area contributed by atoms with Crippen LogP contribution in [0.5, 0.6) is 0 Å². The zero-order chi connectivity index (χ0) is 6.69. The standard InChI is InChI=1S/C7H10N2/c1-6-3-7(8-2)5-9-4-6/h7,9H,1,3-5H2. The van der Waals surface area contributed by atoms with Crippen molar-refractivity contribution in [1.82, 2.24) is 5.32 Å². The molecule has 1 rings (SSSR count). The van der Waals surface area contributed by atoms with Gasteiger partial charge in [-0.3, -0.25) is 0 Å². The van der Waals surface area contributed by atoms with Crippen molar-refractivity contribution < 1.29 is 0 Å². The van der Waals surface area contributed by atoms with Crippen LogP contribution in [-0.2, 0) is 0 Å². The van der Waals surface area contributed by atoms with Crippen LogP contribution in [0.25, 0.3) is 4.85 Å². The van der Waals surface area contributed by atoms with Gasteiger partial charge in [-0.1, -0.05) is 12.2 Å². The van der Waals surface area contributed by atoms with Gasteiger partial charge in [0.1, 0.15) is 0 Å². The van der Waals surface area contributed by atoms with Crippen LogP contribution in [0, 0.1) is 6.57 Å². The summed E-state index contributed by atoms with van der Waals surface area (Å²) < 4.78 is 0. The molecule has 0 amide bonds. The number of rotatable bonds is 0. The van der Waals surface area contributed by atoms with E-state index in [0.29, 0.717) is 0 Å². The fourth-order valence-corrected chi connectivity index (χ4v) is 0.984. The van der Waals surface area contributed by atoms with Crippen molar-refractivity contribution in [2.75, 3.05) is 13.1 Å². The lowest BCUT2D eigenvalue weighted by Gasteiger charge is -2.15. The third-order valence-corrected chi connectivity index (χ3v) is 1.46. The molecule has 2 nitrogen and oxygen atoms in total. The van der Waals surface area contributed by atoms with Crippen LogP contribution in [0.15, 0.2) is 12.2 Å². The van der Waals surface area contributed by atoms with E-state index >= 15 is 0 Å². The number of hydrogen-bond acceptors (Lipinski definition) is 1. The molecule has 1 heterocycles. The highest BCUT2D eigenvalue weighted by molar-refractivity contribution is 5.07. The number of nitrogens with zero attached hydrogens (tertiary/aromatic N) is 1. The molecule has 1 N–H and O–H groups in total. The first kappa shape index (κ1) is 6.31. The summed E-state index contributed by atoms with van der Waals surface area (Å²) in [4.78, 5) is 3.42. The van der Waals surface area contributed by atoms with Crippen LogP contribution in [0.4, 0.5) is 0 Å². The minimum atomic E-state index is 0.145. The van der Waals surface area contributed by atoms with Crippen LogP contribution in [0.3, 0.4) is 0 Å². The smallest absolute Gasteiger partial charge is 0.239 e. The van der Waals surface area contributed by atoms with Crippen LogP contribution >= 0.6 is 0 Å². The van der Waals surface area contributed by atoms with Gasteiger partial charge in [-0.15, -0.1) is 0 Å². The van der Waals surface area contributed by atoms with Crippen molar-refractivity contribution in [1.29, 1.82) is 0 Å². The van der Waals surface area contributed by atoms with Crippen LogP contribution < -0.4 is 5.32 Å². The molecule has 0 radical (unpaired) electrons. The van der Waals surface area contributed by atoms with Gasteiger partial charge in [0.05, 0.1) is 6.54 Å². The Morgan fingerprint density at radius 1 is 1.78 bits per heavy atom. The lowest BCUT2D eigenvalue weighted by Crippen LogP contribution is -2.32. The summed E-state index contributed by atoms with van der Waals surface area (Å²) in [7, 11) is 0. The van der Waals surface area contributed by atoms with Gasteiger partial charge >= 0.3 is 0 Å². The minimum absolute atomic E-state index is 0.145. The summed E-state index contributed by atoms with van der Waals surface area (Å²) in [5, 5.41) is 3.12. The molecule has 2 heteroatoms. The van der Waals surface area contributed by atoms with Gasteiger partial charge < -0.3 is 10.2 Å². The first-order valence-electron chi connectivity index (χ1n) is 3.07. The largest absolute Gasteiger partial charge is 0.312 e. The van der Waals surface area contributed by atoms with Crippen molar-refractivity contribution >= 4 is 0 Å². The van der Waals surface area contributed by atoms with E-state index in [4.69, 9.17) is 6.57 Å². The Morgan fingerprint density at radius 2 is 2.56 bits per heavy atom. The summed E-state index contributed by atoms with van der Waals surface area (Å²) in [5.41, 5.74) is 1.15. The topological polar surface area (TPSA) is 16.4 Å². The average Bonchev–Trinajstić information content (AvgIpc) is 1.88. The summed E-state index contributed by atoms with van der Waals surface area (Å²) in [6.45, 7) is 12.3. The molecular formula is C7H10N2. The van der Waals surface area contributed by atoms with E-state index in [1.165, 1.54) is 0 Å². The monoisotopic (exact) mass is 122 g/mol. The summed E-state index contributed by atoms with van der Waals surface area (Å²) >= 11 is 0. The highest BCUT2D eigenvalue weighted by Gasteiger charge is 2.17. The van der Waals surface area contributed by atoms with E-state index in [2.05, 4.69) is 16.7 Å². The first-order chi connectivity index (χ1) is 4.33. The maximum atomic E-state index is 6.73. The highest BCUT2D eigenvalue weighted by Crippen LogP contribution is 2.09. The van der Waals surface area contributed by atoms with E-state index in [9.17, 15) is 0 Å². The minimum Gasteiger partial charge on any atom is -0.312 e. The van der Waals surface area contributed by atoms with E-state index in [1.54, 1.807) is 0 Å². The summed E-state index contributed by atoms with van der Waals surface area (Å²) in [5.74, 6) is 0. The Labute approximate surface area is 55.4 Å². The lowest BCUT2D eigenvalue weighted by atomic mass is 10.0. The van der Waals surface area contributed by atoms with Crippen LogP contribution in [-0.4, -0.2) is 19.1 Å². The fraction of sp³-hybridized carbons (Fsp3) is 0.571. The molecule has 0 saturated carbocycles. The average molecular weight is 122 g/mol. The van der Waals surface area contributed by atoms with Crippen LogP contribution in [0.2, 0.25) is 0 Å². The third-order valence-electron chi connectivity index (χ3n) is 1.46. The van der Waals surface area contributed by atoms with Crippen molar-refractivity contribution in [3.63, 3.8) is 0 Å². The van der Waals surface area contributed by atoms with Crippen molar-refractivity contribution in [3.8, 4) is 0 Å². The lowest BCUT2D eigenvalue weighted by molar-refractivity contribution is 0.582. The van der Waals surface area contributed by atoms with E-state index in [-0.39, 0.29) is 6.04 Å². The molecule has 1 aliphatic rings. The molecule has 1 unspecified atom stereocenters. The second kappa shape index (κ2) is 2.65. The van der Waals surface area contributed by atoms with Gasteiger partial charge in [-0.25, -0.2) is 6.57 Å². The molecule has 48 valence electrons. The Kier molecular flexibility index (Phi) is 1.86. The van der Waals surface area contributed by atoms with Crippen LogP contribution in [0.1, 0.15) is 6.42 Å². The number of hydrogen-bond donors (Lipinski definition) is 1. The van der Waals surface area contributed by atoms with Gasteiger partial charge in [0.15, 0.2) is 0 Å². The molecular weight excluding hydrogens is 112 g/mol. The molecule has 0 aromatic heterocycles. The summed E-state index contributed by atoms with van der Waals surface area (Å²) in [6, 6.07) is 0.145. The molecule has 0 spiro atoms. The second-order valence-corrected chi connectivity index (χ2v) is 2.37. The van der Waals surface area contributed by atoms with Crippen molar-refractivity contribution in [2.45, 2.75) is 12.5 Å². The Hall–Kier alpha value is -0.810. The third kappa shape index (κ3) is 1.55. The molecule has 0 bridgehead atoms. The maximum Gasteiger partial charge on any atom is 0.239 e. The molecule has 1 fully saturated rings. The van der Waals surface area contributed by atoms with Gasteiger partial charge in [-0.2, -0.15) is 0 Å². The van der Waals surface area contributed by atoms with Gasteiger partial charge in [0, 0.05) is 13.0 Å². The molecule has 0 aromatic carbocycles. The van der Waals surface area contributed by atoms with Gasteiger partial charge in [0.25, 0.3) is 0 Å². The normalized spacial score (nSPS) is 27.4. The molecule has 9 heavy (non-hydrogen) atoms. The molecule has 1 saturated heterocycles. The Morgan fingerprint density at radius 3 is 3.00 bits per heavy atom. The highest BCUT2D eigenvalue weighted by atomic mass is 14.9. The van der Waals surface area contributed by atoms with E-state index < -0.39 is 0 Å². The van der Waals surface area contributed by atoms with Crippen molar-refractivity contribution in [3.05, 3.63) is 23.6 Å². The maximum absolute atomic E-state index is 6.73. The first-order valence-corrected chi connectivity index (χ1v) is 3.07. The SMILES string of the molecule is [C-]#[N+]C1CNCC(=C)C1. The second-order valence-electron chi connectivity index (χ2n) is 2.37. The zero-order valence-electron chi connectivity index (χ0n) is 5.35. The predicted molar refractivity (Wildman–Crippen MR) is 37.0 cm³/mol. The molecule has 1 aliphatic heterocycles. The molecule has 0 aromatic rings. The predicted octanol–water partition coefficient (Wildman–Crippen LogP) is 0.824. The zero-order valence-corrected chi connectivity index (χ0v) is 5.35. The fourth-order valence-electron chi connectivity index (χ4n) is 0.984. The molecule has 0 aliphatic carbocycles. The number of piperidine rings is 1. The van der Waals surface area contributed by atoms with E-state index in [0.717, 1.165) is 25.1 Å². The van der Waals surface area contributed by atoms with Gasteiger partial charge in [-0.05, 0) is 0 Å². The van der Waals surface area contributed by atoms with Crippen molar-refractivity contribution in [2.24, 2.45) is 0 Å². The Bertz CT molecular complexity index is 155. The quantitative estimate of drug-likeness (QED) is 0.372. The Balaban J connectivity index is 2.43. The molecule has 1 atom stereocenters. The van der Waals surface area contributed by atoms with Gasteiger partial charge in [0.2, 0.25) is 6.04 Å². The van der Waals surface area contributed by atoms with E-state index in [1.807, 2.05) is 0 Å².